The van der Waals surface area contributed by atoms with Gasteiger partial charge in [0.2, 0.25) is 5.88 Å². The van der Waals surface area contributed by atoms with Gasteiger partial charge >= 0.3 is 0 Å². The smallest absolute Gasteiger partial charge is 0.253 e. The van der Waals surface area contributed by atoms with Gasteiger partial charge in [0.05, 0.1) is 6.54 Å². The molecule has 0 bridgehead atoms. The molecule has 1 saturated heterocycles. The highest BCUT2D eigenvalue weighted by atomic mass is 16.5. The summed E-state index contributed by atoms with van der Waals surface area (Å²) in [6.07, 6.45) is 0.841. The van der Waals surface area contributed by atoms with E-state index in [0.29, 0.717) is 12.4 Å². The number of aryl methyl sites for hydroxylation is 1. The van der Waals surface area contributed by atoms with Crippen molar-refractivity contribution < 1.29 is 9.53 Å². The first-order valence-electron chi connectivity index (χ1n) is 8.83. The molecule has 4 heteroatoms. The molecule has 1 aromatic heterocycles. The van der Waals surface area contributed by atoms with Gasteiger partial charge in [0.25, 0.3) is 5.91 Å². The Bertz CT molecular complexity index is 747. The predicted octanol–water partition coefficient (Wildman–Crippen LogP) is 3.98. The molecule has 132 valence electrons. The maximum Gasteiger partial charge on any atom is 0.253 e. The molecule has 0 aliphatic carbocycles. The second kappa shape index (κ2) is 6.87. The average Bonchev–Trinajstić information content (AvgIpc) is 3.02. The summed E-state index contributed by atoms with van der Waals surface area (Å²) < 4.78 is 5.93. The van der Waals surface area contributed by atoms with Crippen molar-refractivity contribution in [3.63, 3.8) is 0 Å². The third-order valence-electron chi connectivity index (χ3n) is 4.58. The fourth-order valence-corrected chi connectivity index (χ4v) is 3.06. The second-order valence-corrected chi connectivity index (χ2v) is 7.72. The summed E-state index contributed by atoms with van der Waals surface area (Å²) in [6, 6.07) is 13.7. The van der Waals surface area contributed by atoms with Crippen molar-refractivity contribution in [1.82, 2.24) is 9.88 Å². The van der Waals surface area contributed by atoms with E-state index in [1.165, 1.54) is 5.56 Å². The minimum absolute atomic E-state index is 0.00657. The molecule has 2 heterocycles. The monoisotopic (exact) mass is 338 g/mol. The van der Waals surface area contributed by atoms with Crippen LogP contribution in [0.2, 0.25) is 0 Å². The van der Waals surface area contributed by atoms with Crippen LogP contribution in [0.5, 0.6) is 5.88 Å². The van der Waals surface area contributed by atoms with Gasteiger partial charge in [-0.1, -0.05) is 39.0 Å². The topological polar surface area (TPSA) is 42.4 Å². The molecular weight excluding hydrogens is 312 g/mol. The average molecular weight is 338 g/mol. The van der Waals surface area contributed by atoms with E-state index in [2.05, 4.69) is 25.8 Å². The fourth-order valence-electron chi connectivity index (χ4n) is 3.06. The highest BCUT2D eigenvalue weighted by Gasteiger charge is 2.28. The third-order valence-corrected chi connectivity index (χ3v) is 4.58. The normalized spacial score (nSPS) is 17.6. The lowest BCUT2D eigenvalue weighted by molar-refractivity contribution is 0.0771. The molecule has 1 unspecified atom stereocenters. The van der Waals surface area contributed by atoms with E-state index in [9.17, 15) is 4.79 Å². The number of likely N-dealkylation sites (tertiary alicyclic amines) is 1. The molecule has 1 aliphatic heterocycles. The van der Waals surface area contributed by atoms with Crippen molar-refractivity contribution in [3.05, 3.63) is 59.3 Å². The number of nitrogens with zero attached hydrogens (tertiary/aromatic N) is 2. The van der Waals surface area contributed by atoms with Crippen molar-refractivity contribution in [3.8, 4) is 5.88 Å². The van der Waals surface area contributed by atoms with Gasteiger partial charge in [-0.3, -0.25) is 4.79 Å². The van der Waals surface area contributed by atoms with E-state index in [4.69, 9.17) is 4.74 Å². The van der Waals surface area contributed by atoms with Gasteiger partial charge in [-0.2, -0.15) is 0 Å². The summed E-state index contributed by atoms with van der Waals surface area (Å²) in [6.45, 7) is 9.78. The van der Waals surface area contributed by atoms with Gasteiger partial charge in [0.1, 0.15) is 6.10 Å². The molecule has 1 atom stereocenters. The Kier molecular flexibility index (Phi) is 4.80. The number of pyridine rings is 1. The van der Waals surface area contributed by atoms with Crippen molar-refractivity contribution in [2.75, 3.05) is 13.1 Å². The number of ether oxygens (including phenoxy) is 1. The lowest BCUT2D eigenvalue weighted by Crippen LogP contribution is -2.31. The highest BCUT2D eigenvalue weighted by Crippen LogP contribution is 2.23. The lowest BCUT2D eigenvalue weighted by Gasteiger charge is -2.20. The van der Waals surface area contributed by atoms with Gasteiger partial charge in [-0.25, -0.2) is 4.98 Å². The Labute approximate surface area is 149 Å². The Morgan fingerprint density at radius 2 is 1.88 bits per heavy atom. The zero-order valence-corrected chi connectivity index (χ0v) is 15.5. The molecule has 2 aromatic rings. The predicted molar refractivity (Wildman–Crippen MR) is 99.1 cm³/mol. The van der Waals surface area contributed by atoms with E-state index in [1.54, 1.807) is 0 Å². The van der Waals surface area contributed by atoms with Crippen LogP contribution in [0.1, 0.15) is 48.8 Å². The minimum atomic E-state index is 0.00657. The van der Waals surface area contributed by atoms with Gasteiger partial charge in [0.15, 0.2) is 0 Å². The van der Waals surface area contributed by atoms with E-state index in [1.807, 2.05) is 54.3 Å². The molecule has 3 rings (SSSR count). The zero-order valence-electron chi connectivity index (χ0n) is 15.5. The molecule has 0 saturated carbocycles. The first kappa shape index (κ1) is 17.5. The van der Waals surface area contributed by atoms with Crippen LogP contribution in [-0.2, 0) is 5.41 Å². The SMILES string of the molecule is Cc1cccc(OC2CCN(C(=O)c3ccc(C(C)(C)C)cc3)C2)n1. The van der Waals surface area contributed by atoms with Gasteiger partial charge in [-0.15, -0.1) is 0 Å². The van der Waals surface area contributed by atoms with Crippen molar-refractivity contribution >= 4 is 5.91 Å². The number of benzene rings is 1. The van der Waals surface area contributed by atoms with Crippen molar-refractivity contribution in [2.45, 2.75) is 45.6 Å². The fraction of sp³-hybridized carbons (Fsp3) is 0.429. The summed E-state index contributed by atoms with van der Waals surface area (Å²) in [5.74, 6) is 0.706. The van der Waals surface area contributed by atoms with Gasteiger partial charge in [-0.05, 0) is 36.1 Å². The van der Waals surface area contributed by atoms with E-state index in [-0.39, 0.29) is 17.4 Å². The van der Waals surface area contributed by atoms with Crippen molar-refractivity contribution in [2.24, 2.45) is 0 Å². The maximum absolute atomic E-state index is 12.7. The summed E-state index contributed by atoms with van der Waals surface area (Å²) >= 11 is 0. The number of hydrogen-bond donors (Lipinski definition) is 0. The van der Waals surface area contributed by atoms with Crippen LogP contribution in [0.15, 0.2) is 42.5 Å². The van der Waals surface area contributed by atoms with Crippen LogP contribution in [-0.4, -0.2) is 35.0 Å². The molecule has 0 spiro atoms. The zero-order chi connectivity index (χ0) is 18.0. The standard InChI is InChI=1S/C21H26N2O2/c1-15-6-5-7-19(22-15)25-18-12-13-23(14-18)20(24)16-8-10-17(11-9-16)21(2,3)4/h5-11,18H,12-14H2,1-4H3. The quantitative estimate of drug-likeness (QED) is 0.850. The van der Waals surface area contributed by atoms with E-state index >= 15 is 0 Å². The van der Waals surface area contributed by atoms with E-state index in [0.717, 1.165) is 24.2 Å². The summed E-state index contributed by atoms with van der Waals surface area (Å²) in [7, 11) is 0. The molecule has 1 fully saturated rings. The van der Waals surface area contributed by atoms with Crippen LogP contribution in [0.3, 0.4) is 0 Å². The number of aromatic nitrogens is 1. The minimum Gasteiger partial charge on any atom is -0.472 e. The van der Waals surface area contributed by atoms with Crippen LogP contribution in [0.4, 0.5) is 0 Å². The molecule has 1 aromatic carbocycles. The van der Waals surface area contributed by atoms with E-state index < -0.39 is 0 Å². The maximum atomic E-state index is 12.7. The van der Waals surface area contributed by atoms with Crippen LogP contribution in [0.25, 0.3) is 0 Å². The molecule has 25 heavy (non-hydrogen) atoms. The Morgan fingerprint density at radius 1 is 1.16 bits per heavy atom. The molecular formula is C21H26N2O2. The molecule has 0 radical (unpaired) electrons. The third kappa shape index (κ3) is 4.19. The van der Waals surface area contributed by atoms with Crippen LogP contribution in [0, 0.1) is 6.92 Å². The molecule has 1 amide bonds. The first-order chi connectivity index (χ1) is 11.8. The highest BCUT2D eigenvalue weighted by molar-refractivity contribution is 5.94. The number of rotatable bonds is 3. The largest absolute Gasteiger partial charge is 0.472 e. The number of carbonyl (C=O) groups is 1. The number of carbonyl (C=O) groups excluding carboxylic acids is 1. The molecule has 4 nitrogen and oxygen atoms in total. The first-order valence-corrected chi connectivity index (χ1v) is 8.83. The van der Waals surface area contributed by atoms with Crippen LogP contribution < -0.4 is 4.74 Å². The summed E-state index contributed by atoms with van der Waals surface area (Å²) in [5, 5.41) is 0. The summed E-state index contributed by atoms with van der Waals surface area (Å²) in [5.41, 5.74) is 3.00. The molecule has 1 aliphatic rings. The Morgan fingerprint density at radius 3 is 2.52 bits per heavy atom. The van der Waals surface area contributed by atoms with Crippen molar-refractivity contribution in [1.29, 1.82) is 0 Å². The van der Waals surface area contributed by atoms with Gasteiger partial charge in [0, 0.05) is 30.3 Å². The van der Waals surface area contributed by atoms with Crippen LogP contribution >= 0.6 is 0 Å². The lowest BCUT2D eigenvalue weighted by atomic mass is 9.86. The second-order valence-electron chi connectivity index (χ2n) is 7.72. The number of amides is 1. The summed E-state index contributed by atoms with van der Waals surface area (Å²) in [4.78, 5) is 19.0. The Hall–Kier alpha value is -2.36. The number of hydrogen-bond acceptors (Lipinski definition) is 3. The molecule has 0 N–H and O–H groups in total. The van der Waals surface area contributed by atoms with Gasteiger partial charge < -0.3 is 9.64 Å². The Balaban J connectivity index is 1.62.